The number of H-pyrrole nitrogens is 1. The van der Waals surface area contributed by atoms with E-state index in [9.17, 15) is 24.3 Å². The first-order valence-electron chi connectivity index (χ1n) is 10.0. The van der Waals surface area contributed by atoms with Gasteiger partial charge in [-0.15, -0.1) is 0 Å². The maximum atomic E-state index is 12.8. The molecule has 0 saturated carbocycles. The lowest BCUT2D eigenvalue weighted by molar-refractivity contribution is -0.142. The van der Waals surface area contributed by atoms with Gasteiger partial charge in [-0.2, -0.15) is 12.6 Å². The van der Waals surface area contributed by atoms with E-state index in [1.165, 1.54) is 12.5 Å². The third-order valence-corrected chi connectivity index (χ3v) is 4.89. The van der Waals surface area contributed by atoms with Crippen LogP contribution in [0.25, 0.3) is 0 Å². The number of aliphatic hydroxyl groups is 1. The highest BCUT2D eigenvalue weighted by atomic mass is 32.1. The molecule has 10 N–H and O–H groups in total. The van der Waals surface area contributed by atoms with Crippen molar-refractivity contribution in [1.29, 1.82) is 0 Å². The van der Waals surface area contributed by atoms with Crippen LogP contribution in [-0.2, 0) is 25.6 Å². The molecule has 0 fully saturated rings. The van der Waals surface area contributed by atoms with Gasteiger partial charge in [-0.3, -0.25) is 14.4 Å². The predicted octanol–water partition coefficient (Wildman–Crippen LogP) is -3.13. The highest BCUT2D eigenvalue weighted by Crippen LogP contribution is 2.04. The maximum Gasteiger partial charge on any atom is 0.326 e. The van der Waals surface area contributed by atoms with Crippen molar-refractivity contribution in [3.8, 4) is 0 Å². The number of carboxylic acids is 1. The van der Waals surface area contributed by atoms with Gasteiger partial charge in [0.1, 0.15) is 24.2 Å². The molecule has 0 aliphatic rings. The van der Waals surface area contributed by atoms with Gasteiger partial charge >= 0.3 is 5.97 Å². The molecule has 4 unspecified atom stereocenters. The average molecular weight is 474 g/mol. The summed E-state index contributed by atoms with van der Waals surface area (Å²) >= 11 is 4.07. The normalized spacial score (nSPS) is 14.6. The highest BCUT2D eigenvalue weighted by Gasteiger charge is 2.30. The van der Waals surface area contributed by atoms with E-state index < -0.39 is 54.5 Å². The first kappa shape index (κ1) is 27.4. The SMILES string of the molecule is NCCCCC(NC(=O)C(CS)NC(=O)C(Cc1cnc[nH]1)NC(=O)C(N)CO)C(=O)O. The number of hydrogen-bond donors (Lipinski definition) is 9. The van der Waals surface area contributed by atoms with Crippen LogP contribution >= 0.6 is 12.6 Å². The third-order valence-electron chi connectivity index (χ3n) is 4.52. The lowest BCUT2D eigenvalue weighted by atomic mass is 10.1. The number of rotatable bonds is 15. The van der Waals surface area contributed by atoms with Crippen molar-refractivity contribution in [3.05, 3.63) is 18.2 Å². The van der Waals surface area contributed by atoms with Crippen LogP contribution in [0.1, 0.15) is 25.0 Å². The molecule has 1 aromatic rings. The molecule has 4 atom stereocenters. The Hall–Kier alpha value is -2.68. The van der Waals surface area contributed by atoms with Crippen molar-refractivity contribution in [2.24, 2.45) is 11.5 Å². The van der Waals surface area contributed by atoms with Gasteiger partial charge in [0.15, 0.2) is 0 Å². The second kappa shape index (κ2) is 14.4. The van der Waals surface area contributed by atoms with Crippen LogP contribution in [0.4, 0.5) is 0 Å². The van der Waals surface area contributed by atoms with Crippen LogP contribution in [0, 0.1) is 0 Å². The van der Waals surface area contributed by atoms with Crippen LogP contribution in [-0.4, -0.2) is 86.9 Å². The Bertz CT molecular complexity index is 748. The van der Waals surface area contributed by atoms with E-state index in [1.807, 2.05) is 0 Å². The monoisotopic (exact) mass is 473 g/mol. The maximum absolute atomic E-state index is 12.8. The number of aromatic nitrogens is 2. The number of amides is 3. The third kappa shape index (κ3) is 9.21. The molecule has 0 saturated heterocycles. The first-order valence-corrected chi connectivity index (χ1v) is 10.6. The summed E-state index contributed by atoms with van der Waals surface area (Å²) in [6.45, 7) is -0.217. The van der Waals surface area contributed by atoms with Crippen LogP contribution < -0.4 is 27.4 Å². The number of hydrogen-bond acceptors (Lipinski definition) is 9. The summed E-state index contributed by atoms with van der Waals surface area (Å²) in [7, 11) is 0. The Morgan fingerprint density at radius 3 is 2.22 bits per heavy atom. The fourth-order valence-corrected chi connectivity index (χ4v) is 2.93. The zero-order chi connectivity index (χ0) is 24.1. The number of carbonyl (C=O) groups excluding carboxylic acids is 3. The minimum Gasteiger partial charge on any atom is -0.480 e. The number of aliphatic hydroxyl groups excluding tert-OH is 1. The molecule has 14 heteroatoms. The first-order chi connectivity index (χ1) is 15.2. The predicted molar refractivity (Wildman–Crippen MR) is 118 cm³/mol. The lowest BCUT2D eigenvalue weighted by Crippen LogP contribution is -2.58. The summed E-state index contributed by atoms with van der Waals surface area (Å²) < 4.78 is 0. The summed E-state index contributed by atoms with van der Waals surface area (Å²) in [6, 6.07) is -4.68. The van der Waals surface area contributed by atoms with E-state index in [-0.39, 0.29) is 18.6 Å². The van der Waals surface area contributed by atoms with E-state index in [1.54, 1.807) is 0 Å². The molecule has 180 valence electrons. The Morgan fingerprint density at radius 2 is 1.69 bits per heavy atom. The molecule has 3 amide bonds. The van der Waals surface area contributed by atoms with E-state index >= 15 is 0 Å². The van der Waals surface area contributed by atoms with Crippen LogP contribution in [0.3, 0.4) is 0 Å². The van der Waals surface area contributed by atoms with E-state index in [0.717, 1.165) is 0 Å². The van der Waals surface area contributed by atoms with Crippen molar-refractivity contribution in [3.63, 3.8) is 0 Å². The molecule has 32 heavy (non-hydrogen) atoms. The minimum absolute atomic E-state index is 0.00741. The summed E-state index contributed by atoms with van der Waals surface area (Å²) in [5.74, 6) is -3.53. The molecule has 1 rings (SSSR count). The summed E-state index contributed by atoms with van der Waals surface area (Å²) in [5, 5.41) is 25.6. The van der Waals surface area contributed by atoms with E-state index in [4.69, 9.17) is 16.6 Å². The van der Waals surface area contributed by atoms with Crippen molar-refractivity contribution >= 4 is 36.3 Å². The number of imidazole rings is 1. The standard InChI is InChI=1S/C18H31N7O6S/c19-4-2-1-3-12(18(30)31)23-17(29)14(8-32)25-16(28)13(5-10-6-21-9-22-10)24-15(27)11(20)7-26/h6,9,11-14,26,32H,1-5,7-8,19-20H2,(H,21,22)(H,23,29)(H,24,27)(H,25,28)(H,30,31). The summed E-state index contributed by atoms with van der Waals surface area (Å²) in [5.41, 5.74) is 11.4. The molecular weight excluding hydrogens is 442 g/mol. The van der Waals surface area contributed by atoms with Crippen molar-refractivity contribution in [2.45, 2.75) is 49.9 Å². The van der Waals surface area contributed by atoms with Gasteiger partial charge in [-0.25, -0.2) is 9.78 Å². The van der Waals surface area contributed by atoms with E-state index in [2.05, 4.69) is 38.5 Å². The fourth-order valence-electron chi connectivity index (χ4n) is 2.68. The van der Waals surface area contributed by atoms with Crippen LogP contribution in [0.2, 0.25) is 0 Å². The molecule has 0 radical (unpaired) electrons. The highest BCUT2D eigenvalue weighted by molar-refractivity contribution is 7.80. The molecule has 0 bridgehead atoms. The van der Waals surface area contributed by atoms with Crippen molar-refractivity contribution < 1.29 is 29.4 Å². The Labute approximate surface area is 190 Å². The Kier molecular flexibility index (Phi) is 12.3. The van der Waals surface area contributed by atoms with Gasteiger partial charge < -0.3 is 42.6 Å². The largest absolute Gasteiger partial charge is 0.480 e. The number of aliphatic carboxylic acids is 1. The number of nitrogens with two attached hydrogens (primary N) is 2. The number of nitrogens with one attached hydrogen (secondary N) is 4. The molecule has 0 aromatic carbocycles. The fraction of sp³-hybridized carbons (Fsp3) is 0.611. The molecule has 0 aliphatic heterocycles. The quantitative estimate of drug-likeness (QED) is 0.0925. The van der Waals surface area contributed by atoms with Gasteiger partial charge in [0.2, 0.25) is 17.7 Å². The van der Waals surface area contributed by atoms with Gasteiger partial charge in [-0.05, 0) is 25.8 Å². The number of carboxylic acid groups (broad SMARTS) is 1. The topological polar surface area (TPSA) is 226 Å². The van der Waals surface area contributed by atoms with Gasteiger partial charge in [0.25, 0.3) is 0 Å². The molecule has 0 aliphatic carbocycles. The number of carbonyl (C=O) groups is 4. The number of aromatic amines is 1. The number of unbranched alkanes of at least 4 members (excludes halogenated alkanes) is 1. The molecule has 0 spiro atoms. The summed E-state index contributed by atoms with van der Waals surface area (Å²) in [6.07, 6.45) is 4.16. The zero-order valence-electron chi connectivity index (χ0n) is 17.5. The summed E-state index contributed by atoms with van der Waals surface area (Å²) in [4.78, 5) is 55.5. The van der Waals surface area contributed by atoms with Crippen molar-refractivity contribution in [2.75, 3.05) is 18.9 Å². The second-order valence-electron chi connectivity index (χ2n) is 7.06. The lowest BCUT2D eigenvalue weighted by Gasteiger charge is -2.24. The van der Waals surface area contributed by atoms with Crippen LogP contribution in [0.15, 0.2) is 12.5 Å². The smallest absolute Gasteiger partial charge is 0.326 e. The Balaban J connectivity index is 2.85. The Morgan fingerprint density at radius 1 is 1.06 bits per heavy atom. The van der Waals surface area contributed by atoms with Gasteiger partial charge in [0.05, 0.1) is 12.9 Å². The minimum atomic E-state index is -1.24. The molecule has 1 aromatic heterocycles. The molecule has 1 heterocycles. The van der Waals surface area contributed by atoms with Crippen LogP contribution in [0.5, 0.6) is 0 Å². The van der Waals surface area contributed by atoms with Gasteiger partial charge in [0, 0.05) is 24.1 Å². The molecular formula is C18H31N7O6S. The zero-order valence-corrected chi connectivity index (χ0v) is 18.4. The number of nitrogens with zero attached hydrogens (tertiary/aromatic N) is 1. The van der Waals surface area contributed by atoms with Gasteiger partial charge in [-0.1, -0.05) is 0 Å². The molecule has 13 nitrogen and oxygen atoms in total. The second-order valence-corrected chi connectivity index (χ2v) is 7.42. The van der Waals surface area contributed by atoms with E-state index in [0.29, 0.717) is 25.1 Å². The average Bonchev–Trinajstić information content (AvgIpc) is 3.28. The number of thiol groups is 1. The van der Waals surface area contributed by atoms with Crippen molar-refractivity contribution in [1.82, 2.24) is 25.9 Å².